The number of benzene rings is 2. The van der Waals surface area contributed by atoms with E-state index in [9.17, 15) is 4.79 Å². The average molecular weight is 378 g/mol. The van der Waals surface area contributed by atoms with Gasteiger partial charge in [-0.1, -0.05) is 46.0 Å². The van der Waals surface area contributed by atoms with Crippen molar-refractivity contribution in [2.75, 3.05) is 11.9 Å². The average Bonchev–Trinajstić information content (AvgIpc) is 3.02. The van der Waals surface area contributed by atoms with Crippen LogP contribution in [0.3, 0.4) is 0 Å². The molecule has 6 nitrogen and oxygen atoms in total. The zero-order valence-corrected chi connectivity index (χ0v) is 14.6. The van der Waals surface area contributed by atoms with Crippen LogP contribution in [-0.2, 0) is 4.79 Å². The van der Waals surface area contributed by atoms with Gasteiger partial charge in [0.1, 0.15) is 5.75 Å². The zero-order chi connectivity index (χ0) is 17.8. The Bertz CT molecular complexity index is 874. The normalized spacial score (nSPS) is 10.5. The fraction of sp³-hybridized carbons (Fsp3) is 0.118. The highest BCUT2D eigenvalue weighted by Gasteiger charge is 2.13. The lowest BCUT2D eigenvalue weighted by Gasteiger charge is -2.05. The molecule has 0 aliphatic heterocycles. The van der Waals surface area contributed by atoms with Gasteiger partial charge in [-0.3, -0.25) is 10.1 Å². The van der Waals surface area contributed by atoms with Gasteiger partial charge in [0.05, 0.1) is 0 Å². The van der Waals surface area contributed by atoms with Crippen LogP contribution >= 0.6 is 23.2 Å². The van der Waals surface area contributed by atoms with Gasteiger partial charge in [-0.2, -0.15) is 0 Å². The monoisotopic (exact) mass is 377 g/mol. The third kappa shape index (κ3) is 4.71. The predicted octanol–water partition coefficient (Wildman–Crippen LogP) is 4.37. The van der Waals surface area contributed by atoms with E-state index in [4.69, 9.17) is 32.4 Å². The second kappa shape index (κ2) is 7.55. The quantitative estimate of drug-likeness (QED) is 0.714. The van der Waals surface area contributed by atoms with Gasteiger partial charge in [-0.15, -0.1) is 5.10 Å². The van der Waals surface area contributed by atoms with E-state index in [0.717, 1.165) is 5.56 Å². The van der Waals surface area contributed by atoms with E-state index >= 15 is 0 Å². The van der Waals surface area contributed by atoms with Crippen LogP contribution in [0.4, 0.5) is 6.01 Å². The fourth-order valence-corrected chi connectivity index (χ4v) is 2.53. The lowest BCUT2D eigenvalue weighted by Crippen LogP contribution is -2.20. The molecule has 0 radical (unpaired) electrons. The van der Waals surface area contributed by atoms with Crippen molar-refractivity contribution in [1.82, 2.24) is 10.2 Å². The van der Waals surface area contributed by atoms with Gasteiger partial charge in [0.2, 0.25) is 5.89 Å². The summed E-state index contributed by atoms with van der Waals surface area (Å²) in [5, 5.41) is 11.0. The highest BCUT2D eigenvalue weighted by molar-refractivity contribution is 6.35. The number of ether oxygens (including phenoxy) is 1. The Hall–Kier alpha value is -2.57. The summed E-state index contributed by atoms with van der Waals surface area (Å²) in [5.41, 5.74) is 1.66. The molecule has 0 saturated heterocycles. The summed E-state index contributed by atoms with van der Waals surface area (Å²) in [6, 6.07) is 12.2. The number of aromatic nitrogens is 2. The third-order valence-corrected chi connectivity index (χ3v) is 3.61. The fourth-order valence-electron chi connectivity index (χ4n) is 2.01. The number of nitrogens with zero attached hydrogens (tertiary/aromatic N) is 2. The molecule has 3 rings (SSSR count). The molecule has 0 atom stereocenters. The first-order valence-corrected chi connectivity index (χ1v) is 8.04. The minimum absolute atomic E-state index is 0.0383. The smallest absolute Gasteiger partial charge is 0.322 e. The van der Waals surface area contributed by atoms with Crippen LogP contribution in [0.25, 0.3) is 11.5 Å². The summed E-state index contributed by atoms with van der Waals surface area (Å²) >= 11 is 11.9. The number of hydrogen-bond donors (Lipinski definition) is 1. The second-order valence-corrected chi connectivity index (χ2v) is 6.09. The number of carbonyl (C=O) groups is 1. The molecule has 3 aromatic rings. The SMILES string of the molecule is Cc1ccc(OCC(=O)Nc2nnc(-c3cc(Cl)cc(Cl)c3)o2)cc1. The molecule has 25 heavy (non-hydrogen) atoms. The number of nitrogens with one attached hydrogen (secondary N) is 1. The Balaban J connectivity index is 1.60. The van der Waals surface area contributed by atoms with E-state index in [1.807, 2.05) is 19.1 Å². The van der Waals surface area contributed by atoms with Gasteiger partial charge < -0.3 is 9.15 Å². The van der Waals surface area contributed by atoms with E-state index in [1.165, 1.54) is 0 Å². The summed E-state index contributed by atoms with van der Waals surface area (Å²) in [6.45, 7) is 1.79. The van der Waals surface area contributed by atoms with Crippen molar-refractivity contribution < 1.29 is 13.9 Å². The number of rotatable bonds is 5. The molecule has 0 unspecified atom stereocenters. The summed E-state index contributed by atoms with van der Waals surface area (Å²) < 4.78 is 10.8. The Morgan fingerprint density at radius 3 is 2.48 bits per heavy atom. The van der Waals surface area contributed by atoms with Gasteiger partial charge in [0.25, 0.3) is 5.91 Å². The molecular weight excluding hydrogens is 365 g/mol. The van der Waals surface area contributed by atoms with Crippen LogP contribution in [0.2, 0.25) is 10.0 Å². The molecule has 0 saturated carbocycles. The van der Waals surface area contributed by atoms with E-state index in [-0.39, 0.29) is 18.5 Å². The molecule has 128 valence electrons. The molecule has 0 spiro atoms. The molecule has 0 fully saturated rings. The summed E-state index contributed by atoms with van der Waals surface area (Å²) in [5.74, 6) is 0.375. The summed E-state index contributed by atoms with van der Waals surface area (Å²) in [7, 11) is 0. The van der Waals surface area contributed by atoms with Crippen molar-refractivity contribution in [3.8, 4) is 17.2 Å². The Morgan fingerprint density at radius 1 is 1.12 bits per heavy atom. The minimum atomic E-state index is -0.417. The summed E-state index contributed by atoms with van der Waals surface area (Å²) in [4.78, 5) is 11.9. The lowest BCUT2D eigenvalue weighted by atomic mass is 10.2. The zero-order valence-electron chi connectivity index (χ0n) is 13.1. The maximum Gasteiger partial charge on any atom is 0.322 e. The van der Waals surface area contributed by atoms with Crippen LogP contribution in [0.5, 0.6) is 5.75 Å². The van der Waals surface area contributed by atoms with Gasteiger partial charge in [0, 0.05) is 15.6 Å². The third-order valence-electron chi connectivity index (χ3n) is 3.17. The minimum Gasteiger partial charge on any atom is -0.484 e. The molecule has 0 bridgehead atoms. The molecule has 0 aliphatic rings. The molecule has 0 aliphatic carbocycles. The number of anilines is 1. The standard InChI is InChI=1S/C17H13Cl2N3O3/c1-10-2-4-14(5-3-10)24-9-15(23)20-17-22-21-16(25-17)11-6-12(18)8-13(19)7-11/h2-8H,9H2,1H3,(H,20,22,23). The molecule has 1 N–H and O–H groups in total. The van der Waals surface area contributed by atoms with Crippen molar-refractivity contribution in [1.29, 1.82) is 0 Å². The van der Waals surface area contributed by atoms with E-state index in [1.54, 1.807) is 30.3 Å². The Morgan fingerprint density at radius 2 is 1.80 bits per heavy atom. The van der Waals surface area contributed by atoms with Crippen LogP contribution < -0.4 is 10.1 Å². The number of aryl methyl sites for hydroxylation is 1. The van der Waals surface area contributed by atoms with Crippen LogP contribution in [-0.4, -0.2) is 22.7 Å². The molecule has 8 heteroatoms. The van der Waals surface area contributed by atoms with Gasteiger partial charge in [-0.25, -0.2) is 0 Å². The van der Waals surface area contributed by atoms with Gasteiger partial charge in [0.15, 0.2) is 6.61 Å². The topological polar surface area (TPSA) is 77.2 Å². The predicted molar refractivity (Wildman–Crippen MR) is 95.1 cm³/mol. The lowest BCUT2D eigenvalue weighted by molar-refractivity contribution is -0.118. The van der Waals surface area contributed by atoms with E-state index < -0.39 is 5.91 Å². The first-order chi connectivity index (χ1) is 12.0. The molecule has 1 amide bonds. The second-order valence-electron chi connectivity index (χ2n) is 5.22. The molecule has 1 aromatic heterocycles. The van der Waals surface area contributed by atoms with Crippen molar-refractivity contribution in [3.63, 3.8) is 0 Å². The maximum absolute atomic E-state index is 11.9. The van der Waals surface area contributed by atoms with Crippen molar-refractivity contribution in [2.24, 2.45) is 0 Å². The van der Waals surface area contributed by atoms with Gasteiger partial charge in [-0.05, 0) is 37.3 Å². The highest BCUT2D eigenvalue weighted by atomic mass is 35.5. The van der Waals surface area contributed by atoms with Crippen LogP contribution in [0.15, 0.2) is 46.9 Å². The highest BCUT2D eigenvalue weighted by Crippen LogP contribution is 2.27. The summed E-state index contributed by atoms with van der Waals surface area (Å²) in [6.07, 6.45) is 0. The number of halogens is 2. The van der Waals surface area contributed by atoms with Crippen molar-refractivity contribution in [2.45, 2.75) is 6.92 Å². The first kappa shape index (κ1) is 17.3. The van der Waals surface area contributed by atoms with Crippen LogP contribution in [0, 0.1) is 6.92 Å². The Kier molecular flexibility index (Phi) is 5.21. The van der Waals surface area contributed by atoms with Crippen molar-refractivity contribution in [3.05, 3.63) is 58.1 Å². The molecule has 2 aromatic carbocycles. The van der Waals surface area contributed by atoms with E-state index in [0.29, 0.717) is 21.4 Å². The van der Waals surface area contributed by atoms with E-state index in [2.05, 4.69) is 15.5 Å². The molecule has 1 heterocycles. The maximum atomic E-state index is 11.9. The van der Waals surface area contributed by atoms with Crippen molar-refractivity contribution >= 4 is 35.1 Å². The largest absolute Gasteiger partial charge is 0.484 e. The Labute approximate surface area is 153 Å². The molecular formula is C17H13Cl2N3O3. The van der Waals surface area contributed by atoms with Gasteiger partial charge >= 0.3 is 6.01 Å². The number of amides is 1. The number of carbonyl (C=O) groups excluding carboxylic acids is 1. The first-order valence-electron chi connectivity index (χ1n) is 7.29. The number of hydrogen-bond acceptors (Lipinski definition) is 5. The van der Waals surface area contributed by atoms with Crippen LogP contribution in [0.1, 0.15) is 5.56 Å².